The second-order valence-electron chi connectivity index (χ2n) is 7.43. The van der Waals surface area contributed by atoms with Crippen LogP contribution in [0.15, 0.2) is 58.3 Å². The smallest absolute Gasteiger partial charge is 0.321 e. The molecule has 9 nitrogen and oxygen atoms in total. The maximum atomic E-state index is 13.0. The van der Waals surface area contributed by atoms with E-state index in [1.807, 2.05) is 0 Å². The first-order valence-corrected chi connectivity index (χ1v) is 12.9. The summed E-state index contributed by atoms with van der Waals surface area (Å²) in [5.74, 6) is -2.13. The van der Waals surface area contributed by atoms with Crippen LogP contribution in [0, 0.1) is 5.82 Å². The molecule has 178 valence electrons. The Morgan fingerprint density at radius 2 is 1.48 bits per heavy atom. The largest absolute Gasteiger partial charge is 0.456 e. The lowest BCUT2D eigenvalue weighted by atomic mass is 10.1. The van der Waals surface area contributed by atoms with Gasteiger partial charge in [-0.05, 0) is 61.4 Å². The molecule has 0 unspecified atom stereocenters. The molecule has 0 bridgehead atoms. The average Bonchev–Trinajstić information content (AvgIpc) is 3.34. The molecule has 0 aromatic heterocycles. The number of rotatable bonds is 9. The van der Waals surface area contributed by atoms with Crippen molar-refractivity contribution >= 4 is 31.8 Å². The molecule has 1 aliphatic rings. The molecule has 0 aliphatic carbocycles. The zero-order valence-corrected chi connectivity index (χ0v) is 19.4. The van der Waals surface area contributed by atoms with E-state index in [1.165, 1.54) is 28.6 Å². The van der Waals surface area contributed by atoms with Crippen molar-refractivity contribution in [2.24, 2.45) is 0 Å². The third-order valence-electron chi connectivity index (χ3n) is 5.12. The van der Waals surface area contributed by atoms with Crippen LogP contribution in [-0.4, -0.2) is 70.5 Å². The lowest BCUT2D eigenvalue weighted by Crippen LogP contribution is -2.33. The molecular formula is C21H23FN2O7S2. The lowest BCUT2D eigenvalue weighted by Gasteiger charge is -2.16. The van der Waals surface area contributed by atoms with Gasteiger partial charge in [-0.15, -0.1) is 0 Å². The molecule has 1 fully saturated rings. The molecule has 2 aromatic rings. The van der Waals surface area contributed by atoms with Crippen LogP contribution in [0.25, 0.3) is 0 Å². The van der Waals surface area contributed by atoms with E-state index in [-0.39, 0.29) is 15.4 Å². The molecule has 0 spiro atoms. The normalized spacial score (nSPS) is 15.0. The molecule has 1 aliphatic heterocycles. The van der Waals surface area contributed by atoms with Crippen LogP contribution in [0.1, 0.15) is 23.2 Å². The quantitative estimate of drug-likeness (QED) is 0.381. The summed E-state index contributed by atoms with van der Waals surface area (Å²) < 4.78 is 69.9. The maximum absolute atomic E-state index is 13.0. The Morgan fingerprint density at radius 3 is 2.06 bits per heavy atom. The summed E-state index contributed by atoms with van der Waals surface area (Å²) in [6, 6.07) is 9.44. The standard InChI is InChI=1S/C21H23FN2O7S2/c1-23(32(27,28)18-10-6-17(22)7-11-18)14-21(26)31-15-20(25)16-4-8-19(9-5-16)33(29,30)24-12-2-3-13-24/h4-11H,2-3,12-15H2,1H3. The van der Waals surface area contributed by atoms with Crippen molar-refractivity contribution in [3.05, 3.63) is 59.9 Å². The Labute approximate surface area is 191 Å². The van der Waals surface area contributed by atoms with Crippen LogP contribution in [0.2, 0.25) is 0 Å². The minimum absolute atomic E-state index is 0.0746. The highest BCUT2D eigenvalue weighted by atomic mass is 32.2. The number of hydrogen-bond donors (Lipinski definition) is 0. The van der Waals surface area contributed by atoms with E-state index in [0.717, 1.165) is 48.5 Å². The Bertz CT molecular complexity index is 1220. The number of ether oxygens (including phenoxy) is 1. The molecule has 33 heavy (non-hydrogen) atoms. The minimum Gasteiger partial charge on any atom is -0.456 e. The first-order valence-electron chi connectivity index (χ1n) is 10.0. The maximum Gasteiger partial charge on any atom is 0.321 e. The fourth-order valence-corrected chi connectivity index (χ4v) is 5.85. The number of hydrogen-bond acceptors (Lipinski definition) is 7. The molecule has 1 saturated heterocycles. The summed E-state index contributed by atoms with van der Waals surface area (Å²) in [4.78, 5) is 24.2. The number of nitrogens with zero attached hydrogens (tertiary/aromatic N) is 2. The van der Waals surface area contributed by atoms with E-state index in [2.05, 4.69) is 0 Å². The van der Waals surface area contributed by atoms with Gasteiger partial charge >= 0.3 is 5.97 Å². The van der Waals surface area contributed by atoms with E-state index >= 15 is 0 Å². The number of sulfonamides is 2. The zero-order valence-electron chi connectivity index (χ0n) is 17.8. The first-order chi connectivity index (χ1) is 15.5. The number of ketones is 1. The van der Waals surface area contributed by atoms with Crippen LogP contribution in [0.3, 0.4) is 0 Å². The van der Waals surface area contributed by atoms with Crippen LogP contribution in [-0.2, 0) is 29.6 Å². The fourth-order valence-electron chi connectivity index (χ4n) is 3.22. The van der Waals surface area contributed by atoms with Crippen molar-refractivity contribution in [2.75, 3.05) is 33.3 Å². The monoisotopic (exact) mass is 498 g/mol. The predicted octanol–water partition coefficient (Wildman–Crippen LogP) is 1.66. The van der Waals surface area contributed by atoms with Gasteiger partial charge in [0.1, 0.15) is 12.4 Å². The van der Waals surface area contributed by atoms with Gasteiger partial charge < -0.3 is 4.74 Å². The third-order valence-corrected chi connectivity index (χ3v) is 8.85. The number of halogens is 1. The lowest BCUT2D eigenvalue weighted by molar-refractivity contribution is -0.142. The van der Waals surface area contributed by atoms with Crippen LogP contribution < -0.4 is 0 Å². The number of Topliss-reactive ketones (excluding diaryl/α,β-unsaturated/α-hetero) is 1. The molecule has 0 N–H and O–H groups in total. The second kappa shape index (κ2) is 10.1. The van der Waals surface area contributed by atoms with Crippen molar-refractivity contribution in [3.8, 4) is 0 Å². The Morgan fingerprint density at radius 1 is 0.939 bits per heavy atom. The van der Waals surface area contributed by atoms with E-state index in [9.17, 15) is 30.8 Å². The van der Waals surface area contributed by atoms with Gasteiger partial charge in [-0.25, -0.2) is 21.2 Å². The molecule has 0 saturated carbocycles. The van der Waals surface area contributed by atoms with Gasteiger partial charge in [0, 0.05) is 25.7 Å². The summed E-state index contributed by atoms with van der Waals surface area (Å²) >= 11 is 0. The van der Waals surface area contributed by atoms with Gasteiger partial charge in [-0.1, -0.05) is 0 Å². The number of likely N-dealkylation sites (N-methyl/N-ethyl adjacent to an activating group) is 1. The van der Waals surface area contributed by atoms with Crippen molar-refractivity contribution in [3.63, 3.8) is 0 Å². The third kappa shape index (κ3) is 5.82. The minimum atomic E-state index is -4.05. The van der Waals surface area contributed by atoms with E-state index in [0.29, 0.717) is 13.1 Å². The number of esters is 1. The summed E-state index contributed by atoms with van der Waals surface area (Å²) in [5.41, 5.74) is 0.149. The van der Waals surface area contributed by atoms with Gasteiger partial charge in [0.05, 0.1) is 9.79 Å². The molecule has 3 rings (SSSR count). The number of carbonyl (C=O) groups is 2. The average molecular weight is 499 g/mol. The summed E-state index contributed by atoms with van der Waals surface area (Å²) in [7, 11) is -6.50. The van der Waals surface area contributed by atoms with Crippen molar-refractivity contribution in [2.45, 2.75) is 22.6 Å². The van der Waals surface area contributed by atoms with Gasteiger partial charge in [-0.3, -0.25) is 9.59 Å². The van der Waals surface area contributed by atoms with Gasteiger partial charge in [0.2, 0.25) is 20.0 Å². The number of carbonyl (C=O) groups excluding carboxylic acids is 2. The molecule has 0 amide bonds. The van der Waals surface area contributed by atoms with Crippen molar-refractivity contribution in [1.82, 2.24) is 8.61 Å². The molecular weight excluding hydrogens is 475 g/mol. The summed E-state index contributed by atoms with van der Waals surface area (Å²) in [5, 5.41) is 0. The SMILES string of the molecule is CN(CC(=O)OCC(=O)c1ccc(S(=O)(=O)N2CCCC2)cc1)S(=O)(=O)c1ccc(F)cc1. The van der Waals surface area contributed by atoms with Crippen LogP contribution in [0.5, 0.6) is 0 Å². The van der Waals surface area contributed by atoms with Gasteiger partial charge in [0.25, 0.3) is 0 Å². The fraction of sp³-hybridized carbons (Fsp3) is 0.333. The van der Waals surface area contributed by atoms with Crippen molar-refractivity contribution < 1.29 is 35.6 Å². The van der Waals surface area contributed by atoms with E-state index < -0.39 is 50.8 Å². The Hall–Kier alpha value is -2.67. The highest BCUT2D eigenvalue weighted by molar-refractivity contribution is 7.89. The molecule has 0 radical (unpaired) electrons. The Kier molecular flexibility index (Phi) is 7.62. The molecule has 12 heteroatoms. The van der Waals surface area contributed by atoms with E-state index in [4.69, 9.17) is 4.74 Å². The van der Waals surface area contributed by atoms with Gasteiger partial charge in [-0.2, -0.15) is 8.61 Å². The second-order valence-corrected chi connectivity index (χ2v) is 11.4. The van der Waals surface area contributed by atoms with Crippen molar-refractivity contribution in [1.29, 1.82) is 0 Å². The Balaban J connectivity index is 1.55. The highest BCUT2D eigenvalue weighted by Crippen LogP contribution is 2.21. The van der Waals surface area contributed by atoms with Crippen LogP contribution in [0.4, 0.5) is 4.39 Å². The first kappa shape index (κ1) is 25.0. The molecule has 1 heterocycles. The van der Waals surface area contributed by atoms with E-state index in [1.54, 1.807) is 0 Å². The molecule has 2 aromatic carbocycles. The summed E-state index contributed by atoms with van der Waals surface area (Å²) in [6.45, 7) is -0.365. The van der Waals surface area contributed by atoms with Crippen LogP contribution >= 0.6 is 0 Å². The highest BCUT2D eigenvalue weighted by Gasteiger charge is 2.27. The predicted molar refractivity (Wildman–Crippen MR) is 116 cm³/mol. The molecule has 0 atom stereocenters. The topological polar surface area (TPSA) is 118 Å². The van der Waals surface area contributed by atoms with Gasteiger partial charge in [0.15, 0.2) is 12.4 Å². The summed E-state index contributed by atoms with van der Waals surface area (Å²) in [6.07, 6.45) is 1.61. The zero-order chi connectivity index (χ0) is 24.2. The number of benzene rings is 2.